The van der Waals surface area contributed by atoms with E-state index in [2.05, 4.69) is 20.6 Å². The van der Waals surface area contributed by atoms with Gasteiger partial charge in [0.05, 0.1) is 22.5 Å². The summed E-state index contributed by atoms with van der Waals surface area (Å²) < 4.78 is 0. The summed E-state index contributed by atoms with van der Waals surface area (Å²) in [5.74, 6) is -0.382. The third kappa shape index (κ3) is 4.53. The lowest BCUT2D eigenvalue weighted by Crippen LogP contribution is -2.13. The number of amides is 2. The average molecular weight is 466 g/mol. The van der Waals surface area contributed by atoms with Gasteiger partial charge in [0.25, 0.3) is 5.91 Å². The zero-order chi connectivity index (χ0) is 23.5. The summed E-state index contributed by atoms with van der Waals surface area (Å²) in [4.78, 5) is 37.9. The lowest BCUT2D eigenvalue weighted by molar-refractivity contribution is -0.114. The molecule has 2 amide bonds. The number of rotatable bonds is 5. The molecular formula is C26H19N5O2S. The number of pyridine rings is 2. The fraction of sp³-hybridized carbons (Fsp3) is 0.0385. The van der Waals surface area contributed by atoms with Gasteiger partial charge in [0.15, 0.2) is 5.13 Å². The molecule has 0 saturated heterocycles. The molecule has 0 aliphatic heterocycles. The van der Waals surface area contributed by atoms with Gasteiger partial charge in [-0.3, -0.25) is 19.9 Å². The first-order chi connectivity index (χ1) is 16.6. The zero-order valence-corrected chi connectivity index (χ0v) is 19.0. The normalized spacial score (nSPS) is 10.7. The number of thiazole rings is 1. The highest BCUT2D eigenvalue weighted by Gasteiger charge is 2.16. The first kappa shape index (κ1) is 21.4. The van der Waals surface area contributed by atoms with Gasteiger partial charge in [-0.05, 0) is 36.4 Å². The average Bonchev–Trinajstić information content (AvgIpc) is 3.32. The quantitative estimate of drug-likeness (QED) is 0.351. The van der Waals surface area contributed by atoms with Crippen LogP contribution in [0, 0.1) is 0 Å². The number of aromatic nitrogens is 3. The molecule has 0 unspecified atom stereocenters. The third-order valence-electron chi connectivity index (χ3n) is 5.14. The van der Waals surface area contributed by atoms with Gasteiger partial charge in [-0.15, -0.1) is 11.3 Å². The number of nitrogens with one attached hydrogen (secondary N) is 2. The van der Waals surface area contributed by atoms with Crippen LogP contribution in [0.4, 0.5) is 10.8 Å². The van der Waals surface area contributed by atoms with Crippen molar-refractivity contribution < 1.29 is 9.59 Å². The minimum atomic E-state index is -0.259. The van der Waals surface area contributed by atoms with Gasteiger partial charge in [-0.2, -0.15) is 0 Å². The van der Waals surface area contributed by atoms with Crippen LogP contribution in [0.25, 0.3) is 33.4 Å². The second-order valence-electron chi connectivity index (χ2n) is 7.56. The molecular weight excluding hydrogens is 446 g/mol. The van der Waals surface area contributed by atoms with Gasteiger partial charge in [-0.1, -0.05) is 30.3 Å². The van der Waals surface area contributed by atoms with Crippen molar-refractivity contribution in [2.45, 2.75) is 6.92 Å². The molecule has 2 N–H and O–H groups in total. The van der Waals surface area contributed by atoms with Crippen LogP contribution in [-0.4, -0.2) is 26.8 Å². The standard InChI is InChI=1S/C26H19N5O2S/c1-16(32)28-19-10-8-17(9-11-19)24-15-34-26(30-24)31-25(33)21-13-23(18-5-4-12-27-14-18)29-22-7-3-2-6-20(21)22/h2-15H,1H3,(H,28,32)(H,30,31,33). The molecule has 5 aromatic rings. The summed E-state index contributed by atoms with van der Waals surface area (Å²) in [6, 6.07) is 20.5. The molecule has 0 radical (unpaired) electrons. The van der Waals surface area contributed by atoms with Gasteiger partial charge in [0.1, 0.15) is 0 Å². The van der Waals surface area contributed by atoms with Crippen LogP contribution in [0.1, 0.15) is 17.3 Å². The predicted octanol–water partition coefficient (Wildman–Crippen LogP) is 5.63. The van der Waals surface area contributed by atoms with E-state index in [0.717, 1.165) is 27.7 Å². The van der Waals surface area contributed by atoms with Gasteiger partial charge >= 0.3 is 0 Å². The molecule has 5 rings (SSSR count). The highest BCUT2D eigenvalue weighted by molar-refractivity contribution is 7.14. The molecule has 166 valence electrons. The van der Waals surface area contributed by atoms with Crippen molar-refractivity contribution in [2.24, 2.45) is 0 Å². The van der Waals surface area contributed by atoms with Crippen LogP contribution in [0.5, 0.6) is 0 Å². The Bertz CT molecular complexity index is 1500. The van der Waals surface area contributed by atoms with Crippen LogP contribution < -0.4 is 10.6 Å². The summed E-state index contributed by atoms with van der Waals surface area (Å²) in [6.45, 7) is 1.47. The van der Waals surface area contributed by atoms with Crippen LogP contribution in [0.3, 0.4) is 0 Å². The smallest absolute Gasteiger partial charge is 0.258 e. The van der Waals surface area contributed by atoms with Gasteiger partial charge in [-0.25, -0.2) is 9.97 Å². The molecule has 8 heteroatoms. The van der Waals surface area contributed by atoms with E-state index in [1.54, 1.807) is 18.5 Å². The topological polar surface area (TPSA) is 96.9 Å². The summed E-state index contributed by atoms with van der Waals surface area (Å²) >= 11 is 1.35. The maximum absolute atomic E-state index is 13.3. The molecule has 3 aromatic heterocycles. The van der Waals surface area contributed by atoms with E-state index in [9.17, 15) is 9.59 Å². The minimum Gasteiger partial charge on any atom is -0.326 e. The van der Waals surface area contributed by atoms with Crippen molar-refractivity contribution in [1.29, 1.82) is 0 Å². The first-order valence-electron chi connectivity index (χ1n) is 10.5. The highest BCUT2D eigenvalue weighted by atomic mass is 32.1. The second-order valence-corrected chi connectivity index (χ2v) is 8.42. The number of para-hydroxylation sites is 1. The number of benzene rings is 2. The van der Waals surface area contributed by atoms with E-state index in [1.807, 2.05) is 66.0 Å². The van der Waals surface area contributed by atoms with E-state index in [4.69, 9.17) is 4.98 Å². The number of carbonyl (C=O) groups is 2. The Morgan fingerprint density at radius 2 is 1.68 bits per heavy atom. The number of hydrogen-bond acceptors (Lipinski definition) is 6. The summed E-state index contributed by atoms with van der Waals surface area (Å²) in [6.07, 6.45) is 3.43. The van der Waals surface area contributed by atoms with Crippen molar-refractivity contribution in [1.82, 2.24) is 15.0 Å². The fourth-order valence-corrected chi connectivity index (χ4v) is 4.30. The third-order valence-corrected chi connectivity index (χ3v) is 5.90. The summed E-state index contributed by atoms with van der Waals surface area (Å²) in [5, 5.41) is 8.81. The van der Waals surface area contributed by atoms with Crippen LogP contribution in [0.2, 0.25) is 0 Å². The van der Waals surface area contributed by atoms with E-state index in [-0.39, 0.29) is 11.8 Å². The second kappa shape index (κ2) is 9.21. The van der Waals surface area contributed by atoms with Gasteiger partial charge in [0, 0.05) is 46.9 Å². The fourth-order valence-electron chi connectivity index (χ4n) is 3.58. The van der Waals surface area contributed by atoms with Crippen molar-refractivity contribution in [3.63, 3.8) is 0 Å². The summed E-state index contributed by atoms with van der Waals surface area (Å²) in [7, 11) is 0. The van der Waals surface area contributed by atoms with E-state index >= 15 is 0 Å². The van der Waals surface area contributed by atoms with Crippen molar-refractivity contribution in [3.8, 4) is 22.5 Å². The monoisotopic (exact) mass is 465 g/mol. The number of nitrogens with zero attached hydrogens (tertiary/aromatic N) is 3. The maximum atomic E-state index is 13.3. The lowest BCUT2D eigenvalue weighted by atomic mass is 10.0. The Balaban J connectivity index is 1.42. The number of hydrogen-bond donors (Lipinski definition) is 2. The molecule has 3 heterocycles. The van der Waals surface area contributed by atoms with Crippen molar-refractivity contribution in [2.75, 3.05) is 10.6 Å². The van der Waals surface area contributed by atoms with Crippen molar-refractivity contribution >= 4 is 44.9 Å². The molecule has 0 spiro atoms. The number of anilines is 2. The molecule has 0 atom stereocenters. The molecule has 0 bridgehead atoms. The molecule has 0 aliphatic rings. The Morgan fingerprint density at radius 3 is 2.44 bits per heavy atom. The highest BCUT2D eigenvalue weighted by Crippen LogP contribution is 2.28. The Labute approximate surface area is 199 Å². The zero-order valence-electron chi connectivity index (χ0n) is 18.1. The Kier molecular flexibility index (Phi) is 5.80. The molecule has 0 saturated carbocycles. The Hall–Kier alpha value is -4.43. The number of fused-ring (bicyclic) bond motifs is 1. The van der Waals surface area contributed by atoms with Crippen LogP contribution in [0.15, 0.2) is 84.5 Å². The molecule has 34 heavy (non-hydrogen) atoms. The maximum Gasteiger partial charge on any atom is 0.258 e. The molecule has 0 fully saturated rings. The summed E-state index contributed by atoms with van der Waals surface area (Å²) in [5.41, 5.74) is 5.10. The largest absolute Gasteiger partial charge is 0.326 e. The molecule has 2 aromatic carbocycles. The molecule has 7 nitrogen and oxygen atoms in total. The number of carbonyl (C=O) groups excluding carboxylic acids is 2. The molecule has 0 aliphatic carbocycles. The van der Waals surface area contributed by atoms with E-state index < -0.39 is 0 Å². The lowest BCUT2D eigenvalue weighted by Gasteiger charge is -2.09. The Morgan fingerprint density at radius 1 is 0.853 bits per heavy atom. The van der Waals surface area contributed by atoms with Gasteiger partial charge in [0.2, 0.25) is 5.91 Å². The van der Waals surface area contributed by atoms with Crippen molar-refractivity contribution in [3.05, 3.63) is 90.1 Å². The van der Waals surface area contributed by atoms with E-state index in [1.165, 1.54) is 18.3 Å². The van der Waals surface area contributed by atoms with Gasteiger partial charge < -0.3 is 5.32 Å². The van der Waals surface area contributed by atoms with Crippen LogP contribution in [-0.2, 0) is 4.79 Å². The SMILES string of the molecule is CC(=O)Nc1ccc(-c2csc(NC(=O)c3cc(-c4cccnc4)nc4ccccc34)n2)cc1. The predicted molar refractivity (Wildman–Crippen MR) is 135 cm³/mol. The van der Waals surface area contributed by atoms with Crippen LogP contribution >= 0.6 is 11.3 Å². The first-order valence-corrected chi connectivity index (χ1v) is 11.4. The van der Waals surface area contributed by atoms with E-state index in [0.29, 0.717) is 22.1 Å². The minimum absolute atomic E-state index is 0.123.